The highest BCUT2D eigenvalue weighted by atomic mass is 16.5. The number of hydrogen-bond donors (Lipinski definition) is 0. The fourth-order valence-corrected chi connectivity index (χ4v) is 12.0. The third-order valence-electron chi connectivity index (χ3n) is 15.9. The fourth-order valence-electron chi connectivity index (χ4n) is 12.0. The van der Waals surface area contributed by atoms with Crippen molar-refractivity contribution in [2.24, 2.45) is 0 Å². The number of anilines is 2. The number of fused-ring (bicyclic) bond motifs is 11. The first-order chi connectivity index (χ1) is 34.3. The fraction of sp³-hybridized carbons (Fsp3) is 0.197. The van der Waals surface area contributed by atoms with Gasteiger partial charge in [0.05, 0.1) is 27.8 Å². The van der Waals surface area contributed by atoms with Crippen LogP contribution >= 0.6 is 0 Å². The highest BCUT2D eigenvalue weighted by molar-refractivity contribution is 6.22. The van der Waals surface area contributed by atoms with Gasteiger partial charge < -0.3 is 14.2 Å². The predicted octanol–water partition coefficient (Wildman–Crippen LogP) is 17.9. The molecule has 1 aliphatic carbocycles. The molecule has 3 aromatic heterocycles. The molecule has 1 aliphatic heterocycles. The SMILES string of the molecule is CC(C)(C)c1ccnc(-n2c3ccccc3c3ccc(Oc4cccc(N5Cn6c7c(-c8ccc9c(c8)C(C)(C)CCC9(C)C)cccc7c7ccccc7c7ccccc7c7cccc5c76)c4)cc32)c1. The molecule has 8 aromatic carbocycles. The Morgan fingerprint density at radius 3 is 1.83 bits per heavy atom. The molecule has 0 fully saturated rings. The smallest absolute Gasteiger partial charge is 0.137 e. The van der Waals surface area contributed by atoms with Gasteiger partial charge in [-0.25, -0.2) is 4.98 Å². The Morgan fingerprint density at radius 2 is 1.10 bits per heavy atom. The van der Waals surface area contributed by atoms with Crippen LogP contribution in [0.15, 0.2) is 188 Å². The van der Waals surface area contributed by atoms with Gasteiger partial charge >= 0.3 is 0 Å². The molecular weight excluding hydrogens is 865 g/mol. The van der Waals surface area contributed by atoms with Gasteiger partial charge in [0, 0.05) is 51.1 Å². The minimum atomic E-state index is -0.0161. The highest BCUT2D eigenvalue weighted by Gasteiger charge is 2.37. The zero-order valence-electron chi connectivity index (χ0n) is 41.7. The van der Waals surface area contributed by atoms with E-state index >= 15 is 0 Å². The molecule has 5 heteroatoms. The molecule has 0 amide bonds. The largest absolute Gasteiger partial charge is 0.457 e. The van der Waals surface area contributed by atoms with Crippen LogP contribution in [0.4, 0.5) is 11.4 Å². The minimum absolute atomic E-state index is 0.0161. The third kappa shape index (κ3) is 6.92. The van der Waals surface area contributed by atoms with Gasteiger partial charge in [0.1, 0.15) is 24.0 Å². The van der Waals surface area contributed by atoms with Crippen LogP contribution in [0.3, 0.4) is 0 Å². The quantitative estimate of drug-likeness (QED) is 0.173. The van der Waals surface area contributed by atoms with E-state index in [0.717, 1.165) is 45.1 Å². The molecular formula is C66H58N4O. The molecule has 0 saturated heterocycles. The van der Waals surface area contributed by atoms with Crippen molar-refractivity contribution in [1.29, 1.82) is 0 Å². The normalized spacial score (nSPS) is 15.0. The lowest BCUT2D eigenvalue weighted by Crippen LogP contribution is -2.33. The van der Waals surface area contributed by atoms with Gasteiger partial charge in [-0.2, -0.15) is 0 Å². The van der Waals surface area contributed by atoms with Crippen molar-refractivity contribution in [1.82, 2.24) is 14.1 Å². The van der Waals surface area contributed by atoms with Crippen LogP contribution in [0.5, 0.6) is 11.5 Å². The summed E-state index contributed by atoms with van der Waals surface area (Å²) >= 11 is 0. The van der Waals surface area contributed by atoms with Crippen LogP contribution in [0.1, 0.15) is 78.0 Å². The van der Waals surface area contributed by atoms with Gasteiger partial charge in [-0.15, -0.1) is 0 Å². The Morgan fingerprint density at radius 1 is 0.493 bits per heavy atom. The molecule has 2 aliphatic rings. The van der Waals surface area contributed by atoms with Gasteiger partial charge in [-0.3, -0.25) is 4.57 Å². The van der Waals surface area contributed by atoms with E-state index in [0.29, 0.717) is 6.67 Å². The zero-order valence-corrected chi connectivity index (χ0v) is 41.7. The Labute approximate surface area is 415 Å². The first-order valence-electron chi connectivity index (χ1n) is 25.3. The third-order valence-corrected chi connectivity index (χ3v) is 15.9. The van der Waals surface area contributed by atoms with Crippen molar-refractivity contribution in [2.75, 3.05) is 4.90 Å². The molecule has 71 heavy (non-hydrogen) atoms. The van der Waals surface area contributed by atoms with Gasteiger partial charge in [0.2, 0.25) is 0 Å². The second kappa shape index (κ2) is 15.8. The Hall–Kier alpha value is -7.89. The molecule has 0 unspecified atom stereocenters. The van der Waals surface area contributed by atoms with Crippen LogP contribution in [-0.2, 0) is 22.9 Å². The summed E-state index contributed by atoms with van der Waals surface area (Å²) in [5, 5.41) is 9.71. The van der Waals surface area contributed by atoms with Crippen molar-refractivity contribution < 1.29 is 4.74 Å². The van der Waals surface area contributed by atoms with Crippen molar-refractivity contribution >= 4 is 76.5 Å². The molecule has 13 rings (SSSR count). The van der Waals surface area contributed by atoms with Crippen molar-refractivity contribution in [3.8, 4) is 28.4 Å². The van der Waals surface area contributed by atoms with Gasteiger partial charge in [-0.05, 0) is 121 Å². The van der Waals surface area contributed by atoms with E-state index in [-0.39, 0.29) is 16.2 Å². The molecule has 11 aromatic rings. The molecule has 0 atom stereocenters. The number of benzene rings is 8. The minimum Gasteiger partial charge on any atom is -0.457 e. The monoisotopic (exact) mass is 922 g/mol. The number of nitrogens with zero attached hydrogens (tertiary/aromatic N) is 4. The molecule has 0 saturated carbocycles. The first-order valence-corrected chi connectivity index (χ1v) is 25.3. The average Bonchev–Trinajstić information content (AvgIpc) is 3.94. The lowest BCUT2D eigenvalue weighted by atomic mass is 9.63. The van der Waals surface area contributed by atoms with E-state index in [1.165, 1.54) is 89.4 Å². The number of rotatable bonds is 5. The predicted molar refractivity (Wildman–Crippen MR) is 299 cm³/mol. The van der Waals surface area contributed by atoms with Crippen LogP contribution in [0.2, 0.25) is 0 Å². The lowest BCUT2D eigenvalue weighted by molar-refractivity contribution is 0.332. The van der Waals surface area contributed by atoms with Gasteiger partial charge in [0.25, 0.3) is 0 Å². The zero-order chi connectivity index (χ0) is 48.4. The lowest BCUT2D eigenvalue weighted by Gasteiger charge is -2.42. The Kier molecular flexibility index (Phi) is 9.61. The van der Waals surface area contributed by atoms with E-state index in [9.17, 15) is 0 Å². The molecule has 4 heterocycles. The van der Waals surface area contributed by atoms with E-state index in [1.807, 2.05) is 6.20 Å². The number of aromatic nitrogens is 3. The van der Waals surface area contributed by atoms with Crippen LogP contribution in [0.25, 0.3) is 82.1 Å². The molecule has 0 bridgehead atoms. The second-order valence-corrected chi connectivity index (χ2v) is 22.3. The summed E-state index contributed by atoms with van der Waals surface area (Å²) < 4.78 is 11.8. The van der Waals surface area contributed by atoms with E-state index in [4.69, 9.17) is 9.72 Å². The maximum atomic E-state index is 6.91. The van der Waals surface area contributed by atoms with E-state index in [1.54, 1.807) is 0 Å². The maximum absolute atomic E-state index is 6.91. The Balaban J connectivity index is 0.995. The average molecular weight is 923 g/mol. The van der Waals surface area contributed by atoms with Crippen molar-refractivity contribution in [3.05, 3.63) is 205 Å². The van der Waals surface area contributed by atoms with Crippen LogP contribution in [0, 0.1) is 0 Å². The molecule has 348 valence electrons. The summed E-state index contributed by atoms with van der Waals surface area (Å²) in [5.74, 6) is 2.44. The van der Waals surface area contributed by atoms with Gasteiger partial charge in [-0.1, -0.05) is 170 Å². The van der Waals surface area contributed by atoms with E-state index in [2.05, 4.69) is 244 Å². The van der Waals surface area contributed by atoms with Crippen LogP contribution in [-0.4, -0.2) is 14.1 Å². The first kappa shape index (κ1) is 43.2. The summed E-state index contributed by atoms with van der Waals surface area (Å²) in [6.07, 6.45) is 4.28. The molecule has 0 spiro atoms. The summed E-state index contributed by atoms with van der Waals surface area (Å²) in [6, 6.07) is 67.1. The summed E-state index contributed by atoms with van der Waals surface area (Å²) in [6.45, 7) is 17.0. The highest BCUT2D eigenvalue weighted by Crippen LogP contribution is 2.49. The summed E-state index contributed by atoms with van der Waals surface area (Å²) in [4.78, 5) is 7.39. The maximum Gasteiger partial charge on any atom is 0.137 e. The molecule has 5 nitrogen and oxygen atoms in total. The molecule has 0 radical (unpaired) electrons. The van der Waals surface area contributed by atoms with Gasteiger partial charge in [0.15, 0.2) is 0 Å². The Bertz CT molecular complexity index is 4070. The number of ether oxygens (including phenoxy) is 1. The summed E-state index contributed by atoms with van der Waals surface area (Å²) in [5.41, 5.74) is 13.7. The summed E-state index contributed by atoms with van der Waals surface area (Å²) in [7, 11) is 0. The van der Waals surface area contributed by atoms with E-state index < -0.39 is 0 Å². The topological polar surface area (TPSA) is 35.2 Å². The van der Waals surface area contributed by atoms with Crippen LogP contribution < -0.4 is 9.64 Å². The standard InChI is InChI=1S/C66H58N4O/c1-64(2,3)43-33-36-67-61(38-43)70-58-27-13-12-23-52(58)53-31-30-46(40-60(53)70)71-45-18-14-17-44(39-45)68-41-69-62-47(42-29-32-56-57(37-42)66(6,7)35-34-65(56,4)5)24-15-25-54(62)50-21-10-8-19-48(50)49-20-9-11-22-51(49)55-26-16-28-59(68)63(55)69/h8-33,36-40H,34-35,41H2,1-7H3. The van der Waals surface area contributed by atoms with Crippen molar-refractivity contribution in [2.45, 2.75) is 84.2 Å². The number of para-hydroxylation sites is 3. The van der Waals surface area contributed by atoms with Crippen molar-refractivity contribution in [3.63, 3.8) is 0 Å². The number of hydrogen-bond acceptors (Lipinski definition) is 3. The second-order valence-electron chi connectivity index (χ2n) is 22.3. The number of pyridine rings is 1. The molecule has 0 N–H and O–H groups in total.